The van der Waals surface area contributed by atoms with Crippen LogP contribution in [-0.4, -0.2) is 22.9 Å². The summed E-state index contributed by atoms with van der Waals surface area (Å²) >= 11 is 0. The van der Waals surface area contributed by atoms with Crippen LogP contribution in [0.2, 0.25) is 0 Å². The number of benzene rings is 3. The second kappa shape index (κ2) is 7.22. The van der Waals surface area contributed by atoms with Crippen LogP contribution in [-0.2, 0) is 4.74 Å². The summed E-state index contributed by atoms with van der Waals surface area (Å²) in [6.45, 7) is 4.99. The molecule has 3 aromatic carbocycles. The van der Waals surface area contributed by atoms with E-state index in [1.54, 1.807) is 0 Å². The molecule has 0 bridgehead atoms. The molecule has 0 unspecified atom stereocenters. The van der Waals surface area contributed by atoms with Gasteiger partial charge in [-0.2, -0.15) is 5.01 Å². The van der Waals surface area contributed by atoms with E-state index in [4.69, 9.17) is 9.47 Å². The van der Waals surface area contributed by atoms with Crippen molar-refractivity contribution >= 4 is 5.70 Å². The first-order valence-corrected chi connectivity index (χ1v) is 11.4. The van der Waals surface area contributed by atoms with Crippen molar-refractivity contribution in [3.63, 3.8) is 0 Å². The summed E-state index contributed by atoms with van der Waals surface area (Å²) in [6.07, 6.45) is 3.96. The highest BCUT2D eigenvalue weighted by molar-refractivity contribution is 5.71. The van der Waals surface area contributed by atoms with E-state index < -0.39 is 5.72 Å². The Morgan fingerprint density at radius 3 is 2.31 bits per heavy atom. The van der Waals surface area contributed by atoms with Gasteiger partial charge in [-0.25, -0.2) is 0 Å². The van der Waals surface area contributed by atoms with Crippen LogP contribution < -0.4 is 10.2 Å². The predicted octanol–water partition coefficient (Wildman–Crippen LogP) is 5.93. The molecule has 1 saturated heterocycles. The topological polar surface area (TPSA) is 33.7 Å². The third-order valence-electron chi connectivity index (χ3n) is 6.81. The SMILES string of the molecule is CC1(C)C[C@@]2(CCO1)Oc1ccccc1[C@@H]1C=C(c3ccc(-c4ccccc4)cc3)NN12. The summed E-state index contributed by atoms with van der Waals surface area (Å²) < 4.78 is 12.8. The van der Waals surface area contributed by atoms with Crippen molar-refractivity contribution < 1.29 is 9.47 Å². The minimum atomic E-state index is -0.441. The van der Waals surface area contributed by atoms with Gasteiger partial charge >= 0.3 is 0 Å². The molecule has 3 heterocycles. The molecule has 3 aromatic rings. The molecule has 1 spiro atoms. The molecule has 162 valence electrons. The molecule has 6 rings (SSSR count). The zero-order valence-corrected chi connectivity index (χ0v) is 18.5. The average Bonchev–Trinajstić information content (AvgIpc) is 3.26. The third kappa shape index (κ3) is 3.22. The van der Waals surface area contributed by atoms with E-state index in [0.29, 0.717) is 6.61 Å². The van der Waals surface area contributed by atoms with E-state index in [1.807, 2.05) is 0 Å². The van der Waals surface area contributed by atoms with Crippen molar-refractivity contribution in [2.75, 3.05) is 6.61 Å². The number of fused-ring (bicyclic) bond motifs is 4. The standard InChI is InChI=1S/C28H28N2O2/c1-27(2)19-28(16-17-31-27)30-25(23-10-6-7-11-26(23)32-28)18-24(29-30)22-14-12-21(13-15-22)20-8-4-3-5-9-20/h3-15,18,25,29H,16-17,19H2,1-2H3/t25-,28+/m0/s1. The van der Waals surface area contributed by atoms with Gasteiger partial charge in [-0.1, -0.05) is 72.8 Å². The first kappa shape index (κ1) is 19.6. The molecule has 1 N–H and O–H groups in total. The highest BCUT2D eigenvalue weighted by atomic mass is 16.5. The van der Waals surface area contributed by atoms with E-state index in [0.717, 1.165) is 24.3 Å². The van der Waals surface area contributed by atoms with Crippen molar-refractivity contribution in [1.82, 2.24) is 10.4 Å². The Morgan fingerprint density at radius 1 is 0.844 bits per heavy atom. The minimum absolute atomic E-state index is 0.123. The van der Waals surface area contributed by atoms with Crippen LogP contribution in [0.25, 0.3) is 16.8 Å². The number of nitrogens with zero attached hydrogens (tertiary/aromatic N) is 1. The molecule has 2 atom stereocenters. The molecular weight excluding hydrogens is 396 g/mol. The number of hydrazine groups is 1. The first-order chi connectivity index (χ1) is 15.5. The third-order valence-corrected chi connectivity index (χ3v) is 6.81. The van der Waals surface area contributed by atoms with Gasteiger partial charge in [0.25, 0.3) is 0 Å². The highest BCUT2D eigenvalue weighted by Gasteiger charge is 2.54. The van der Waals surface area contributed by atoms with Gasteiger partial charge in [0.2, 0.25) is 0 Å². The quantitative estimate of drug-likeness (QED) is 0.553. The Kier molecular flexibility index (Phi) is 4.42. The van der Waals surface area contributed by atoms with E-state index in [2.05, 4.69) is 109 Å². The molecule has 0 amide bonds. The Labute approximate surface area is 189 Å². The van der Waals surface area contributed by atoms with Gasteiger partial charge in [0.1, 0.15) is 5.75 Å². The second-order valence-electron chi connectivity index (χ2n) is 9.57. The van der Waals surface area contributed by atoms with Crippen molar-refractivity contribution in [3.05, 3.63) is 96.1 Å². The van der Waals surface area contributed by atoms with Gasteiger partial charge in [0.05, 0.1) is 23.9 Å². The van der Waals surface area contributed by atoms with Gasteiger partial charge in [-0.05, 0) is 42.7 Å². The summed E-state index contributed by atoms with van der Waals surface area (Å²) in [7, 11) is 0. The lowest BCUT2D eigenvalue weighted by atomic mass is 9.87. The van der Waals surface area contributed by atoms with Gasteiger partial charge in [0, 0.05) is 18.4 Å². The lowest BCUT2D eigenvalue weighted by Gasteiger charge is -2.53. The number of hydrogen-bond donors (Lipinski definition) is 1. The number of para-hydroxylation sites is 1. The fourth-order valence-electron chi connectivity index (χ4n) is 5.34. The van der Waals surface area contributed by atoms with Crippen LogP contribution in [0.1, 0.15) is 43.9 Å². The normalized spacial score (nSPS) is 25.9. The fourth-order valence-corrected chi connectivity index (χ4v) is 5.34. The van der Waals surface area contributed by atoms with Gasteiger partial charge < -0.3 is 14.9 Å². The van der Waals surface area contributed by atoms with Crippen LogP contribution in [0.3, 0.4) is 0 Å². The highest BCUT2D eigenvalue weighted by Crippen LogP contribution is 2.50. The zero-order valence-electron chi connectivity index (χ0n) is 18.5. The van der Waals surface area contributed by atoms with E-state index >= 15 is 0 Å². The van der Waals surface area contributed by atoms with Crippen molar-refractivity contribution in [3.8, 4) is 16.9 Å². The average molecular weight is 425 g/mol. The monoisotopic (exact) mass is 424 g/mol. The molecule has 0 saturated carbocycles. The van der Waals surface area contributed by atoms with Crippen LogP contribution in [0.15, 0.2) is 84.9 Å². The molecule has 4 heteroatoms. The lowest BCUT2D eigenvalue weighted by molar-refractivity contribution is -0.218. The lowest BCUT2D eigenvalue weighted by Crippen LogP contribution is -2.64. The van der Waals surface area contributed by atoms with Crippen molar-refractivity contribution in [2.24, 2.45) is 0 Å². The van der Waals surface area contributed by atoms with Crippen LogP contribution >= 0.6 is 0 Å². The number of nitrogens with one attached hydrogen (secondary N) is 1. The molecule has 4 nitrogen and oxygen atoms in total. The van der Waals surface area contributed by atoms with Gasteiger partial charge in [0.15, 0.2) is 5.72 Å². The molecule has 1 fully saturated rings. The van der Waals surface area contributed by atoms with Crippen LogP contribution in [0, 0.1) is 0 Å². The summed E-state index contributed by atoms with van der Waals surface area (Å²) in [5, 5.41) is 2.32. The van der Waals surface area contributed by atoms with E-state index in [1.165, 1.54) is 22.3 Å². The Balaban J connectivity index is 1.37. The summed E-state index contributed by atoms with van der Waals surface area (Å²) in [5.74, 6) is 0.977. The number of rotatable bonds is 2. The second-order valence-corrected chi connectivity index (χ2v) is 9.57. The summed E-state index contributed by atoms with van der Waals surface area (Å²) in [6, 6.07) is 27.8. The Bertz CT molecular complexity index is 1170. The smallest absolute Gasteiger partial charge is 0.185 e. The molecule has 3 aliphatic heterocycles. The number of ether oxygens (including phenoxy) is 2. The maximum Gasteiger partial charge on any atom is 0.185 e. The van der Waals surface area contributed by atoms with Gasteiger partial charge in [-0.15, -0.1) is 0 Å². The molecular formula is C28H28N2O2. The molecule has 0 aromatic heterocycles. The molecule has 0 aliphatic carbocycles. The maximum absolute atomic E-state index is 6.72. The van der Waals surface area contributed by atoms with Crippen LogP contribution in [0.5, 0.6) is 5.75 Å². The Morgan fingerprint density at radius 2 is 1.53 bits per heavy atom. The maximum atomic E-state index is 6.72. The molecule has 32 heavy (non-hydrogen) atoms. The van der Waals surface area contributed by atoms with E-state index in [9.17, 15) is 0 Å². The Hall–Kier alpha value is -3.08. The van der Waals surface area contributed by atoms with Crippen molar-refractivity contribution in [1.29, 1.82) is 0 Å². The summed E-state index contributed by atoms with van der Waals surface area (Å²) in [5.41, 5.74) is 9.00. The van der Waals surface area contributed by atoms with Gasteiger partial charge in [-0.3, -0.25) is 0 Å². The minimum Gasteiger partial charge on any atom is -0.470 e. The largest absolute Gasteiger partial charge is 0.470 e. The number of hydrogen-bond acceptors (Lipinski definition) is 4. The molecule has 0 radical (unpaired) electrons. The van der Waals surface area contributed by atoms with E-state index in [-0.39, 0.29) is 11.6 Å². The van der Waals surface area contributed by atoms with Crippen LogP contribution in [0.4, 0.5) is 0 Å². The first-order valence-electron chi connectivity index (χ1n) is 11.4. The summed E-state index contributed by atoms with van der Waals surface area (Å²) in [4.78, 5) is 0. The van der Waals surface area contributed by atoms with Crippen molar-refractivity contribution in [2.45, 2.75) is 44.1 Å². The zero-order chi connectivity index (χ0) is 21.8. The fraction of sp³-hybridized carbons (Fsp3) is 0.286. The molecule has 3 aliphatic rings. The predicted molar refractivity (Wildman–Crippen MR) is 127 cm³/mol.